The van der Waals surface area contributed by atoms with Crippen LogP contribution in [0.2, 0.25) is 0 Å². The molecule has 1 rings (SSSR count). The third-order valence-electron chi connectivity index (χ3n) is 3.40. The van der Waals surface area contributed by atoms with E-state index in [1.54, 1.807) is 18.4 Å². The first-order chi connectivity index (χ1) is 9.56. The summed E-state index contributed by atoms with van der Waals surface area (Å²) in [7, 11) is 3.95. The lowest BCUT2D eigenvalue weighted by Crippen LogP contribution is -2.42. The number of rotatable bonds is 7. The third-order valence-corrected chi connectivity index (χ3v) is 4.31. The molecule has 0 aliphatic carbocycles. The van der Waals surface area contributed by atoms with E-state index in [0.29, 0.717) is 6.04 Å². The topological polar surface area (TPSA) is 52.5 Å². The maximum atomic E-state index is 4.33. The van der Waals surface area contributed by atoms with Crippen LogP contribution in [0.25, 0.3) is 0 Å². The molecule has 0 saturated heterocycles. The summed E-state index contributed by atoms with van der Waals surface area (Å²) in [5.41, 5.74) is 0. The second-order valence-electron chi connectivity index (χ2n) is 4.96. The van der Waals surface area contributed by atoms with Crippen molar-refractivity contribution in [2.75, 3.05) is 27.2 Å². The van der Waals surface area contributed by atoms with E-state index in [4.69, 9.17) is 0 Å². The van der Waals surface area contributed by atoms with Gasteiger partial charge in [0, 0.05) is 37.3 Å². The largest absolute Gasteiger partial charge is 0.355 e. The molecule has 1 aromatic heterocycles. The molecule has 0 aliphatic heterocycles. The normalized spacial score (nSPS) is 13.0. The smallest absolute Gasteiger partial charge is 0.191 e. The monoisotopic (exact) mass is 425 g/mol. The average Bonchev–Trinajstić information content (AvgIpc) is 2.87. The number of hydrogen-bond donors (Lipinski definition) is 2. The van der Waals surface area contributed by atoms with E-state index in [2.05, 4.69) is 53.3 Å². The van der Waals surface area contributed by atoms with Crippen molar-refractivity contribution in [1.82, 2.24) is 20.5 Å². The number of aliphatic imine (C=N–C) groups is 1. The molecule has 21 heavy (non-hydrogen) atoms. The standard InChI is InChI=1S/C14H27N5S.HI/c1-6-11(2)19(5)8-7-16-14(15-4)18-10-13-17-9-12(3)20-13;/h9,11H,6-8,10H2,1-5H3,(H2,15,16,18);1H. The van der Waals surface area contributed by atoms with Crippen LogP contribution in [0.3, 0.4) is 0 Å². The van der Waals surface area contributed by atoms with Gasteiger partial charge in [-0.1, -0.05) is 6.92 Å². The van der Waals surface area contributed by atoms with E-state index in [1.807, 2.05) is 6.20 Å². The third kappa shape index (κ3) is 7.96. The highest BCUT2D eigenvalue weighted by Crippen LogP contribution is 2.10. The minimum absolute atomic E-state index is 0. The van der Waals surface area contributed by atoms with E-state index >= 15 is 0 Å². The summed E-state index contributed by atoms with van der Waals surface area (Å²) >= 11 is 1.71. The molecule has 0 fully saturated rings. The van der Waals surface area contributed by atoms with Gasteiger partial charge in [-0.05, 0) is 27.3 Å². The van der Waals surface area contributed by atoms with Gasteiger partial charge in [0.2, 0.25) is 0 Å². The fourth-order valence-electron chi connectivity index (χ4n) is 1.75. The molecule has 122 valence electrons. The summed E-state index contributed by atoms with van der Waals surface area (Å²) in [6.07, 6.45) is 3.08. The minimum atomic E-state index is 0. The molecule has 1 atom stereocenters. The zero-order valence-corrected chi connectivity index (χ0v) is 16.8. The van der Waals surface area contributed by atoms with Crippen molar-refractivity contribution >= 4 is 41.3 Å². The van der Waals surface area contributed by atoms with Crippen LogP contribution in [0, 0.1) is 6.92 Å². The Hall–Kier alpha value is -0.410. The van der Waals surface area contributed by atoms with Crippen molar-refractivity contribution < 1.29 is 0 Å². The summed E-state index contributed by atoms with van der Waals surface area (Å²) < 4.78 is 0. The maximum absolute atomic E-state index is 4.33. The van der Waals surface area contributed by atoms with Crippen LogP contribution in [0.5, 0.6) is 0 Å². The van der Waals surface area contributed by atoms with Gasteiger partial charge in [0.05, 0.1) is 6.54 Å². The Bertz CT molecular complexity index is 421. The van der Waals surface area contributed by atoms with Gasteiger partial charge in [-0.15, -0.1) is 35.3 Å². The van der Waals surface area contributed by atoms with E-state index < -0.39 is 0 Å². The molecule has 2 N–H and O–H groups in total. The molecule has 5 nitrogen and oxygen atoms in total. The quantitative estimate of drug-likeness (QED) is 0.401. The van der Waals surface area contributed by atoms with Crippen LogP contribution in [-0.2, 0) is 6.54 Å². The number of aryl methyl sites for hydroxylation is 1. The summed E-state index contributed by atoms with van der Waals surface area (Å²) in [4.78, 5) is 12.1. The summed E-state index contributed by atoms with van der Waals surface area (Å²) in [5, 5.41) is 7.70. The molecule has 0 saturated carbocycles. The molecule has 1 aromatic rings. The predicted molar refractivity (Wildman–Crippen MR) is 103 cm³/mol. The number of thiazole rings is 1. The predicted octanol–water partition coefficient (Wildman–Crippen LogP) is 2.46. The molecule has 0 amide bonds. The number of guanidine groups is 1. The zero-order valence-electron chi connectivity index (χ0n) is 13.6. The van der Waals surface area contributed by atoms with Crippen LogP contribution >= 0.6 is 35.3 Å². The molecule has 1 unspecified atom stereocenters. The molecule has 0 bridgehead atoms. The molecule has 0 aliphatic rings. The zero-order chi connectivity index (χ0) is 15.0. The Labute approximate surface area is 149 Å². The number of hydrogen-bond acceptors (Lipinski definition) is 4. The summed E-state index contributed by atoms with van der Waals surface area (Å²) in [6, 6.07) is 0.616. The average molecular weight is 425 g/mol. The van der Waals surface area contributed by atoms with Crippen molar-refractivity contribution in [2.45, 2.75) is 39.8 Å². The number of nitrogens with one attached hydrogen (secondary N) is 2. The number of likely N-dealkylation sites (N-methyl/N-ethyl adjacent to an activating group) is 1. The van der Waals surface area contributed by atoms with Crippen molar-refractivity contribution in [3.8, 4) is 0 Å². The van der Waals surface area contributed by atoms with E-state index in [-0.39, 0.29) is 24.0 Å². The molecular weight excluding hydrogens is 397 g/mol. The first-order valence-corrected chi connectivity index (χ1v) is 7.94. The van der Waals surface area contributed by atoms with E-state index in [9.17, 15) is 0 Å². The highest BCUT2D eigenvalue weighted by molar-refractivity contribution is 14.0. The number of halogens is 1. The van der Waals surface area contributed by atoms with Crippen molar-refractivity contribution in [2.24, 2.45) is 4.99 Å². The Morgan fingerprint density at radius 2 is 2.19 bits per heavy atom. The second-order valence-corrected chi connectivity index (χ2v) is 6.27. The highest BCUT2D eigenvalue weighted by atomic mass is 127. The van der Waals surface area contributed by atoms with Gasteiger partial charge in [0.15, 0.2) is 5.96 Å². The molecular formula is C14H28IN5S. The number of nitrogens with zero attached hydrogens (tertiary/aromatic N) is 3. The van der Waals surface area contributed by atoms with Gasteiger partial charge in [0.25, 0.3) is 0 Å². The van der Waals surface area contributed by atoms with Gasteiger partial charge >= 0.3 is 0 Å². The molecule has 7 heteroatoms. The lowest BCUT2D eigenvalue weighted by molar-refractivity contribution is 0.255. The lowest BCUT2D eigenvalue weighted by atomic mass is 10.2. The van der Waals surface area contributed by atoms with E-state index in [0.717, 1.165) is 30.6 Å². The number of aromatic nitrogens is 1. The Morgan fingerprint density at radius 3 is 2.71 bits per heavy atom. The Kier molecular flexibility index (Phi) is 11.0. The van der Waals surface area contributed by atoms with Crippen molar-refractivity contribution in [1.29, 1.82) is 0 Å². The summed E-state index contributed by atoms with van der Waals surface area (Å²) in [5.74, 6) is 0.829. The first kappa shape index (κ1) is 20.6. The second kappa shape index (κ2) is 11.2. The molecule has 0 radical (unpaired) electrons. The first-order valence-electron chi connectivity index (χ1n) is 7.12. The van der Waals surface area contributed by atoms with E-state index in [1.165, 1.54) is 11.3 Å². The summed E-state index contributed by atoms with van der Waals surface area (Å²) in [6.45, 7) is 9.14. The van der Waals surface area contributed by atoms with Gasteiger partial charge in [-0.3, -0.25) is 4.99 Å². The molecule has 0 aromatic carbocycles. The highest BCUT2D eigenvalue weighted by Gasteiger charge is 2.06. The van der Waals surface area contributed by atoms with Crippen LogP contribution in [0.15, 0.2) is 11.2 Å². The Morgan fingerprint density at radius 1 is 1.48 bits per heavy atom. The molecule has 0 spiro atoms. The van der Waals surface area contributed by atoms with Crippen LogP contribution in [0.4, 0.5) is 0 Å². The Balaban J connectivity index is 0.00000400. The fourth-order valence-corrected chi connectivity index (χ4v) is 2.47. The van der Waals surface area contributed by atoms with Gasteiger partial charge < -0.3 is 15.5 Å². The fraction of sp³-hybridized carbons (Fsp3) is 0.714. The van der Waals surface area contributed by atoms with Crippen molar-refractivity contribution in [3.63, 3.8) is 0 Å². The minimum Gasteiger partial charge on any atom is -0.355 e. The lowest BCUT2D eigenvalue weighted by Gasteiger charge is -2.23. The van der Waals surface area contributed by atoms with Gasteiger partial charge in [-0.2, -0.15) is 0 Å². The molecule has 1 heterocycles. The van der Waals surface area contributed by atoms with Crippen LogP contribution in [-0.4, -0.2) is 49.1 Å². The van der Waals surface area contributed by atoms with Crippen molar-refractivity contribution in [3.05, 3.63) is 16.1 Å². The SMILES string of the molecule is CCC(C)N(C)CCNC(=NC)NCc1ncc(C)s1.I. The van der Waals surface area contributed by atoms with Gasteiger partial charge in [-0.25, -0.2) is 4.98 Å². The van der Waals surface area contributed by atoms with Crippen LogP contribution < -0.4 is 10.6 Å². The maximum Gasteiger partial charge on any atom is 0.191 e. The van der Waals surface area contributed by atoms with Gasteiger partial charge in [0.1, 0.15) is 5.01 Å². The van der Waals surface area contributed by atoms with Crippen LogP contribution in [0.1, 0.15) is 30.2 Å².